The molecule has 1 saturated heterocycles. The first-order valence-corrected chi connectivity index (χ1v) is 11.0. The van der Waals surface area contributed by atoms with Crippen LogP contribution in [0.25, 0.3) is 0 Å². The Labute approximate surface area is 193 Å². The average molecular weight is 467 g/mol. The first kappa shape index (κ1) is 27.4. The summed E-state index contributed by atoms with van der Waals surface area (Å²) in [7, 11) is 0. The van der Waals surface area contributed by atoms with Crippen LogP contribution in [0, 0.1) is 5.41 Å². The SMILES string of the molecule is CCOC1CC(N)(C(=O)N2CCN(CC(=O)NC3CCCCC3)CC2)C1(C)C.Cl.Cl. The van der Waals surface area contributed by atoms with E-state index in [4.69, 9.17) is 10.5 Å². The first-order valence-electron chi connectivity index (χ1n) is 11.0. The third-order valence-corrected chi connectivity index (χ3v) is 7.21. The summed E-state index contributed by atoms with van der Waals surface area (Å²) in [6.07, 6.45) is 6.54. The predicted octanol–water partition coefficient (Wildman–Crippen LogP) is 1.96. The number of rotatable bonds is 6. The molecule has 2 aliphatic carbocycles. The predicted molar refractivity (Wildman–Crippen MR) is 123 cm³/mol. The monoisotopic (exact) mass is 466 g/mol. The molecule has 3 aliphatic rings. The van der Waals surface area contributed by atoms with E-state index < -0.39 is 5.54 Å². The van der Waals surface area contributed by atoms with Crippen molar-refractivity contribution in [3.63, 3.8) is 0 Å². The van der Waals surface area contributed by atoms with Crippen molar-refractivity contribution in [3.05, 3.63) is 0 Å². The van der Waals surface area contributed by atoms with Gasteiger partial charge in [-0.15, -0.1) is 24.8 Å². The van der Waals surface area contributed by atoms with Gasteiger partial charge in [-0.05, 0) is 19.8 Å². The summed E-state index contributed by atoms with van der Waals surface area (Å²) < 4.78 is 5.75. The maximum Gasteiger partial charge on any atom is 0.243 e. The summed E-state index contributed by atoms with van der Waals surface area (Å²) in [6.45, 7) is 9.78. The first-order chi connectivity index (χ1) is 13.3. The molecule has 0 bridgehead atoms. The third-order valence-electron chi connectivity index (χ3n) is 7.21. The lowest BCUT2D eigenvalue weighted by Gasteiger charge is -2.59. The average Bonchev–Trinajstić information content (AvgIpc) is 2.68. The van der Waals surface area contributed by atoms with Gasteiger partial charge in [0.1, 0.15) is 5.54 Å². The zero-order valence-electron chi connectivity index (χ0n) is 18.7. The standard InChI is InChI=1S/C21H38N4O3.2ClH/c1-4-28-17-14-21(22,20(17,2)3)19(27)25-12-10-24(11-13-25)15-18(26)23-16-8-6-5-7-9-16;;/h16-17H,4-15,22H2,1-3H3,(H,23,26);2*1H. The van der Waals surface area contributed by atoms with Crippen molar-refractivity contribution < 1.29 is 14.3 Å². The summed E-state index contributed by atoms with van der Waals surface area (Å²) in [5.41, 5.74) is 5.33. The molecule has 0 aromatic carbocycles. The Bertz CT molecular complexity index is 579. The van der Waals surface area contributed by atoms with Gasteiger partial charge in [0.05, 0.1) is 12.6 Å². The van der Waals surface area contributed by atoms with E-state index in [1.807, 2.05) is 25.7 Å². The van der Waals surface area contributed by atoms with Crippen LogP contribution in [-0.2, 0) is 14.3 Å². The normalized spacial score (nSPS) is 29.2. The lowest BCUT2D eigenvalue weighted by atomic mass is 9.54. The summed E-state index contributed by atoms with van der Waals surface area (Å²) in [5, 5.41) is 3.18. The van der Waals surface area contributed by atoms with E-state index in [1.54, 1.807) is 0 Å². The molecule has 3 N–H and O–H groups in total. The highest BCUT2D eigenvalue weighted by Gasteiger charge is 2.63. The van der Waals surface area contributed by atoms with E-state index in [0.29, 0.717) is 38.7 Å². The molecule has 30 heavy (non-hydrogen) atoms. The number of nitrogens with one attached hydrogen (secondary N) is 1. The zero-order valence-corrected chi connectivity index (χ0v) is 20.3. The van der Waals surface area contributed by atoms with Gasteiger partial charge in [-0.1, -0.05) is 33.1 Å². The Morgan fingerprint density at radius 1 is 1.07 bits per heavy atom. The molecule has 7 nitrogen and oxygen atoms in total. The molecule has 1 aliphatic heterocycles. The second-order valence-corrected chi connectivity index (χ2v) is 9.31. The van der Waals surface area contributed by atoms with E-state index in [1.165, 1.54) is 19.3 Å². The number of nitrogens with two attached hydrogens (primary N) is 1. The molecule has 0 spiro atoms. The molecule has 2 saturated carbocycles. The van der Waals surface area contributed by atoms with Crippen molar-refractivity contribution in [2.24, 2.45) is 11.1 Å². The molecule has 176 valence electrons. The topological polar surface area (TPSA) is 87.9 Å². The van der Waals surface area contributed by atoms with E-state index >= 15 is 0 Å². The van der Waals surface area contributed by atoms with E-state index in [-0.39, 0.29) is 48.1 Å². The van der Waals surface area contributed by atoms with Crippen molar-refractivity contribution in [1.29, 1.82) is 0 Å². The molecular formula is C21H40Cl2N4O3. The fraction of sp³-hybridized carbons (Fsp3) is 0.905. The van der Waals surface area contributed by atoms with Crippen LogP contribution in [0.5, 0.6) is 0 Å². The minimum Gasteiger partial charge on any atom is -0.378 e. The van der Waals surface area contributed by atoms with Gasteiger partial charge in [-0.25, -0.2) is 0 Å². The van der Waals surface area contributed by atoms with Gasteiger partial charge < -0.3 is 20.7 Å². The summed E-state index contributed by atoms with van der Waals surface area (Å²) >= 11 is 0. The second-order valence-electron chi connectivity index (χ2n) is 9.31. The molecule has 0 aromatic rings. The minimum atomic E-state index is -0.854. The van der Waals surface area contributed by atoms with Crippen molar-refractivity contribution in [3.8, 4) is 0 Å². The van der Waals surface area contributed by atoms with Gasteiger partial charge in [0.25, 0.3) is 0 Å². The highest BCUT2D eigenvalue weighted by molar-refractivity contribution is 5.89. The maximum absolute atomic E-state index is 13.1. The molecule has 3 fully saturated rings. The molecule has 2 amide bonds. The number of carbonyl (C=O) groups excluding carboxylic acids is 2. The molecule has 9 heteroatoms. The molecular weight excluding hydrogens is 427 g/mol. The van der Waals surface area contributed by atoms with Crippen LogP contribution in [0.4, 0.5) is 0 Å². The Morgan fingerprint density at radius 2 is 1.67 bits per heavy atom. The van der Waals surface area contributed by atoms with Crippen molar-refractivity contribution in [2.75, 3.05) is 39.3 Å². The van der Waals surface area contributed by atoms with Gasteiger partial charge >= 0.3 is 0 Å². The number of ether oxygens (including phenoxy) is 1. The Kier molecular flexibility index (Phi) is 10.4. The number of piperazine rings is 1. The fourth-order valence-corrected chi connectivity index (χ4v) is 4.91. The lowest BCUT2D eigenvalue weighted by molar-refractivity contribution is -0.180. The van der Waals surface area contributed by atoms with Crippen molar-refractivity contribution in [2.45, 2.75) is 77.0 Å². The van der Waals surface area contributed by atoms with Gasteiger partial charge in [0.2, 0.25) is 11.8 Å². The maximum atomic E-state index is 13.1. The highest BCUT2D eigenvalue weighted by atomic mass is 35.5. The third kappa shape index (κ3) is 5.60. The van der Waals surface area contributed by atoms with E-state index in [9.17, 15) is 9.59 Å². The number of halogens is 2. The Balaban J connectivity index is 0.00000225. The molecule has 0 radical (unpaired) electrons. The Morgan fingerprint density at radius 3 is 2.20 bits per heavy atom. The molecule has 2 atom stereocenters. The number of carbonyl (C=O) groups is 2. The summed E-state index contributed by atoms with van der Waals surface area (Å²) in [4.78, 5) is 29.4. The number of hydrogen-bond acceptors (Lipinski definition) is 5. The second kappa shape index (κ2) is 11.3. The van der Waals surface area contributed by atoms with E-state index in [0.717, 1.165) is 25.9 Å². The molecule has 0 aromatic heterocycles. The molecule has 1 heterocycles. The van der Waals surface area contributed by atoms with Crippen LogP contribution in [-0.4, -0.2) is 78.6 Å². The number of hydrogen-bond donors (Lipinski definition) is 2. The summed E-state index contributed by atoms with van der Waals surface area (Å²) in [5.74, 6) is 0.140. The van der Waals surface area contributed by atoms with Crippen LogP contribution in [0.3, 0.4) is 0 Å². The highest BCUT2D eigenvalue weighted by Crippen LogP contribution is 2.50. The lowest BCUT2D eigenvalue weighted by Crippen LogP contribution is -2.76. The van der Waals surface area contributed by atoms with Gasteiger partial charge in [-0.2, -0.15) is 0 Å². The van der Waals surface area contributed by atoms with Crippen LogP contribution >= 0.6 is 24.8 Å². The largest absolute Gasteiger partial charge is 0.378 e. The fourth-order valence-electron chi connectivity index (χ4n) is 4.91. The van der Waals surface area contributed by atoms with Crippen LogP contribution in [0.15, 0.2) is 0 Å². The Hall–Kier alpha value is -0.600. The van der Waals surface area contributed by atoms with Crippen LogP contribution in [0.2, 0.25) is 0 Å². The molecule has 2 unspecified atom stereocenters. The van der Waals surface area contributed by atoms with Crippen molar-refractivity contribution in [1.82, 2.24) is 15.1 Å². The quantitative estimate of drug-likeness (QED) is 0.624. The molecule has 3 rings (SSSR count). The zero-order chi connectivity index (χ0) is 20.4. The number of nitrogens with zero attached hydrogens (tertiary/aromatic N) is 2. The van der Waals surface area contributed by atoms with Gasteiger partial charge in [0.15, 0.2) is 0 Å². The minimum absolute atomic E-state index is 0. The van der Waals surface area contributed by atoms with Crippen LogP contribution < -0.4 is 11.1 Å². The summed E-state index contributed by atoms with van der Waals surface area (Å²) in [6, 6.07) is 0.348. The van der Waals surface area contributed by atoms with Gasteiger partial charge in [0, 0.05) is 50.7 Å². The van der Waals surface area contributed by atoms with Crippen molar-refractivity contribution >= 4 is 36.6 Å². The number of amides is 2. The smallest absolute Gasteiger partial charge is 0.243 e. The van der Waals surface area contributed by atoms with E-state index in [2.05, 4.69) is 10.2 Å². The van der Waals surface area contributed by atoms with Crippen LogP contribution in [0.1, 0.15) is 59.3 Å². The van der Waals surface area contributed by atoms with Gasteiger partial charge in [-0.3, -0.25) is 14.5 Å².